The molecule has 0 atom stereocenters. The van der Waals surface area contributed by atoms with Gasteiger partial charge in [-0.2, -0.15) is 0 Å². The molecule has 0 N–H and O–H groups in total. The SMILES string of the molecule is CCCCc1nc2c(C)sc(C)c2n1Cc1ccc(-c2ccccc2-c2nnnn2C(c2ccccc2)(c2ccccc2)c2ccccc2)cc1. The number of nitrogens with zero attached hydrogens (tertiary/aromatic N) is 6. The van der Waals surface area contributed by atoms with E-state index in [0.29, 0.717) is 5.82 Å². The second-order valence-electron chi connectivity index (χ2n) is 13.1. The van der Waals surface area contributed by atoms with Crippen molar-refractivity contribution in [1.82, 2.24) is 29.8 Å². The maximum absolute atomic E-state index is 5.12. The standard InChI is InChI=1S/C44H40N6S/c1-4-5-25-40-45-41-31(2)51-32(3)42(41)49(40)30-33-26-28-34(29-27-33)38-23-15-16-24-39(38)43-46-47-48-50(43)44(35-17-9-6-10-18-35,36-19-11-7-12-20-36)37-21-13-8-14-22-37/h6-24,26-29H,4-5,25,30H2,1-3H3. The van der Waals surface area contributed by atoms with Crippen LogP contribution in [0, 0.1) is 13.8 Å². The number of benzene rings is 5. The lowest BCUT2D eigenvalue weighted by Gasteiger charge is -2.36. The quantitative estimate of drug-likeness (QED) is 0.127. The fraction of sp³-hybridized carbons (Fsp3) is 0.182. The maximum Gasteiger partial charge on any atom is 0.184 e. The van der Waals surface area contributed by atoms with Crippen LogP contribution in [0.3, 0.4) is 0 Å². The van der Waals surface area contributed by atoms with E-state index < -0.39 is 5.54 Å². The third-order valence-corrected chi connectivity index (χ3v) is 10.9. The molecule has 3 aromatic heterocycles. The average molecular weight is 685 g/mol. The molecule has 0 unspecified atom stereocenters. The number of aromatic nitrogens is 6. The monoisotopic (exact) mass is 684 g/mol. The molecule has 51 heavy (non-hydrogen) atoms. The molecule has 6 nitrogen and oxygen atoms in total. The van der Waals surface area contributed by atoms with E-state index in [0.717, 1.165) is 64.7 Å². The summed E-state index contributed by atoms with van der Waals surface area (Å²) in [6.45, 7) is 7.44. The summed E-state index contributed by atoms with van der Waals surface area (Å²) in [4.78, 5) is 7.75. The second kappa shape index (κ2) is 13.9. The summed E-state index contributed by atoms with van der Waals surface area (Å²) in [6.07, 6.45) is 3.28. The van der Waals surface area contributed by atoms with Gasteiger partial charge in [-0.25, -0.2) is 9.67 Å². The van der Waals surface area contributed by atoms with E-state index in [9.17, 15) is 0 Å². The molecule has 0 saturated heterocycles. The number of aryl methyl sites for hydroxylation is 3. The van der Waals surface area contributed by atoms with Crippen molar-refractivity contribution in [3.63, 3.8) is 0 Å². The molecule has 252 valence electrons. The van der Waals surface area contributed by atoms with Gasteiger partial charge in [0.1, 0.15) is 16.9 Å². The van der Waals surface area contributed by atoms with Gasteiger partial charge >= 0.3 is 0 Å². The molecule has 8 rings (SSSR count). The summed E-state index contributed by atoms with van der Waals surface area (Å²) in [5.74, 6) is 1.87. The van der Waals surface area contributed by atoms with Crippen molar-refractivity contribution < 1.29 is 0 Å². The molecule has 3 heterocycles. The van der Waals surface area contributed by atoms with Gasteiger partial charge in [0, 0.05) is 28.3 Å². The van der Waals surface area contributed by atoms with E-state index in [1.165, 1.54) is 26.7 Å². The van der Waals surface area contributed by atoms with Gasteiger partial charge in [0.2, 0.25) is 0 Å². The number of hydrogen-bond acceptors (Lipinski definition) is 5. The second-order valence-corrected chi connectivity index (χ2v) is 14.5. The van der Waals surface area contributed by atoms with Crippen LogP contribution in [0.1, 0.15) is 57.6 Å². The van der Waals surface area contributed by atoms with E-state index in [-0.39, 0.29) is 0 Å². The molecule has 5 aromatic carbocycles. The number of thiophene rings is 1. The minimum absolute atomic E-state index is 0.691. The van der Waals surface area contributed by atoms with Crippen LogP contribution in [0.4, 0.5) is 0 Å². The predicted octanol–water partition coefficient (Wildman–Crippen LogP) is 10.3. The molecule has 0 amide bonds. The first-order valence-electron chi connectivity index (χ1n) is 17.7. The zero-order chi connectivity index (χ0) is 34.8. The highest BCUT2D eigenvalue weighted by Gasteiger charge is 2.42. The van der Waals surface area contributed by atoms with Crippen molar-refractivity contribution in [1.29, 1.82) is 0 Å². The Balaban J connectivity index is 1.23. The zero-order valence-electron chi connectivity index (χ0n) is 29.2. The van der Waals surface area contributed by atoms with Crippen molar-refractivity contribution in [2.75, 3.05) is 0 Å². The summed E-state index contributed by atoms with van der Waals surface area (Å²) < 4.78 is 4.45. The molecule has 7 heteroatoms. The van der Waals surface area contributed by atoms with E-state index in [4.69, 9.17) is 15.3 Å². The third-order valence-electron chi connectivity index (χ3n) is 9.91. The molecule has 0 saturated carbocycles. The van der Waals surface area contributed by atoms with Crippen LogP contribution < -0.4 is 0 Å². The summed E-state index contributed by atoms with van der Waals surface area (Å²) in [5.41, 5.74) is 9.21. The molecular formula is C44H40N6S. The van der Waals surface area contributed by atoms with Crippen molar-refractivity contribution in [2.45, 2.75) is 52.1 Å². The Labute approximate surface area is 303 Å². The van der Waals surface area contributed by atoms with Crippen LogP contribution in [0.25, 0.3) is 33.5 Å². The van der Waals surface area contributed by atoms with Crippen molar-refractivity contribution in [2.24, 2.45) is 0 Å². The number of rotatable bonds is 11. The Bertz CT molecular complexity index is 2290. The molecule has 0 aliphatic carbocycles. The lowest BCUT2D eigenvalue weighted by molar-refractivity contribution is 0.451. The minimum Gasteiger partial charge on any atom is -0.323 e. The first-order valence-corrected chi connectivity index (χ1v) is 18.5. The van der Waals surface area contributed by atoms with Gasteiger partial charge in [-0.05, 0) is 64.1 Å². The van der Waals surface area contributed by atoms with E-state index >= 15 is 0 Å². The highest BCUT2D eigenvalue weighted by Crippen LogP contribution is 2.43. The molecular weight excluding hydrogens is 645 g/mol. The molecule has 8 aromatic rings. The van der Waals surface area contributed by atoms with Gasteiger partial charge in [0.05, 0.1) is 5.52 Å². The largest absolute Gasteiger partial charge is 0.323 e. The van der Waals surface area contributed by atoms with Gasteiger partial charge in [-0.15, -0.1) is 16.4 Å². The molecule has 0 spiro atoms. The molecule has 0 radical (unpaired) electrons. The van der Waals surface area contributed by atoms with Crippen LogP contribution in [0.15, 0.2) is 140 Å². The number of hydrogen-bond donors (Lipinski definition) is 0. The Morgan fingerprint density at radius 3 is 1.80 bits per heavy atom. The number of fused-ring (bicyclic) bond motifs is 1. The number of unbranched alkanes of at least 4 members (excludes halogenated alkanes) is 1. The van der Waals surface area contributed by atoms with E-state index in [1.807, 2.05) is 34.2 Å². The highest BCUT2D eigenvalue weighted by molar-refractivity contribution is 7.13. The molecule has 0 aliphatic heterocycles. The summed E-state index contributed by atoms with van der Waals surface area (Å²) in [6, 6.07) is 49.0. The van der Waals surface area contributed by atoms with E-state index in [1.54, 1.807) is 0 Å². The van der Waals surface area contributed by atoms with Crippen molar-refractivity contribution >= 4 is 22.4 Å². The van der Waals surface area contributed by atoms with Gasteiger partial charge in [-0.3, -0.25) is 0 Å². The Morgan fingerprint density at radius 1 is 0.647 bits per heavy atom. The lowest BCUT2D eigenvalue weighted by atomic mass is 9.77. The van der Waals surface area contributed by atoms with Gasteiger partial charge in [0.15, 0.2) is 5.82 Å². The smallest absolute Gasteiger partial charge is 0.184 e. The fourth-order valence-corrected chi connectivity index (χ4v) is 8.51. The Hall–Kier alpha value is -5.66. The van der Waals surface area contributed by atoms with Gasteiger partial charge in [-0.1, -0.05) is 153 Å². The Kier molecular flexibility index (Phi) is 8.88. The zero-order valence-corrected chi connectivity index (χ0v) is 30.0. The third kappa shape index (κ3) is 5.77. The van der Waals surface area contributed by atoms with Crippen molar-refractivity contribution in [3.05, 3.63) is 177 Å². The van der Waals surface area contributed by atoms with Crippen molar-refractivity contribution in [3.8, 4) is 22.5 Å². The minimum atomic E-state index is -0.830. The summed E-state index contributed by atoms with van der Waals surface area (Å²) in [5, 5.41) is 13.9. The number of tetrazole rings is 1. The normalized spacial score (nSPS) is 11.7. The average Bonchev–Trinajstić information content (AvgIpc) is 3.89. The first kappa shape index (κ1) is 32.5. The van der Waals surface area contributed by atoms with E-state index in [2.05, 4.69) is 152 Å². The topological polar surface area (TPSA) is 61.4 Å². The molecule has 0 bridgehead atoms. The first-order chi connectivity index (χ1) is 25.1. The molecule has 0 fully saturated rings. The number of imidazole rings is 1. The molecule has 0 aliphatic rings. The van der Waals surface area contributed by atoms with Gasteiger partial charge < -0.3 is 4.57 Å². The van der Waals surface area contributed by atoms with Gasteiger partial charge in [0.25, 0.3) is 0 Å². The Morgan fingerprint density at radius 2 is 1.22 bits per heavy atom. The van der Waals surface area contributed by atoms with Crippen LogP contribution in [0.2, 0.25) is 0 Å². The lowest BCUT2D eigenvalue weighted by Crippen LogP contribution is -2.39. The predicted molar refractivity (Wildman–Crippen MR) is 208 cm³/mol. The fourth-order valence-electron chi connectivity index (χ4n) is 7.51. The maximum atomic E-state index is 5.12. The summed E-state index contributed by atoms with van der Waals surface area (Å²) >= 11 is 1.84. The van der Waals surface area contributed by atoms with Crippen LogP contribution >= 0.6 is 11.3 Å². The van der Waals surface area contributed by atoms with Crippen LogP contribution in [-0.2, 0) is 18.5 Å². The highest BCUT2D eigenvalue weighted by atomic mass is 32.1. The van der Waals surface area contributed by atoms with Crippen LogP contribution in [-0.4, -0.2) is 29.8 Å². The summed E-state index contributed by atoms with van der Waals surface area (Å²) in [7, 11) is 0. The van der Waals surface area contributed by atoms with Crippen LogP contribution in [0.5, 0.6) is 0 Å².